The molecule has 0 spiro atoms. The Morgan fingerprint density at radius 2 is 2.05 bits per heavy atom. The van der Waals surface area contributed by atoms with Crippen LogP contribution < -0.4 is 5.73 Å². The summed E-state index contributed by atoms with van der Waals surface area (Å²) in [6.45, 7) is 0.454. The number of anilines is 1. The quantitative estimate of drug-likeness (QED) is 0.770. The molecule has 3 rings (SSSR count). The minimum atomic E-state index is -0.904. The van der Waals surface area contributed by atoms with Gasteiger partial charge < -0.3 is 10.3 Å². The average Bonchev–Trinajstić information content (AvgIpc) is 2.95. The molecule has 0 saturated heterocycles. The molecule has 0 atom stereocenters. The molecule has 0 aliphatic carbocycles. The van der Waals surface area contributed by atoms with Crippen molar-refractivity contribution in [2.75, 3.05) is 5.73 Å². The zero-order valence-corrected chi connectivity index (χ0v) is 12.6. The molecule has 2 aromatic heterocycles. The van der Waals surface area contributed by atoms with Crippen molar-refractivity contribution in [2.45, 2.75) is 13.0 Å². The maximum absolute atomic E-state index is 13.9. The first kappa shape index (κ1) is 13.5. The largest absolute Gasteiger partial charge is 0.369 e. The Kier molecular flexibility index (Phi) is 3.47. The highest BCUT2D eigenvalue weighted by molar-refractivity contribution is 9.11. The minimum absolute atomic E-state index is 0.123. The molecule has 20 heavy (non-hydrogen) atoms. The summed E-state index contributed by atoms with van der Waals surface area (Å²) in [6, 6.07) is 6.43. The van der Waals surface area contributed by atoms with Crippen LogP contribution in [-0.4, -0.2) is 9.55 Å². The average molecular weight is 358 g/mol. The van der Waals surface area contributed by atoms with Gasteiger partial charge in [0.1, 0.15) is 5.52 Å². The number of imidazole rings is 1. The van der Waals surface area contributed by atoms with E-state index in [2.05, 4.69) is 20.9 Å². The van der Waals surface area contributed by atoms with E-state index in [-0.39, 0.29) is 11.5 Å². The number of benzene rings is 1. The van der Waals surface area contributed by atoms with Gasteiger partial charge in [-0.2, -0.15) is 0 Å². The molecule has 2 heterocycles. The molecule has 2 N–H and O–H groups in total. The zero-order valence-electron chi connectivity index (χ0n) is 10.2. The summed E-state index contributed by atoms with van der Waals surface area (Å²) in [7, 11) is 0. The molecule has 1 aromatic carbocycles. The first-order valence-electron chi connectivity index (χ1n) is 5.90. The second kappa shape index (κ2) is 5.14. The van der Waals surface area contributed by atoms with Gasteiger partial charge in [-0.1, -0.05) is 0 Å². The monoisotopic (exact) mass is 357 g/mol. The van der Waals surface area contributed by atoms with Gasteiger partial charge in [-0.15, -0.1) is 11.3 Å². The standard InChI is InChI=1S/C13H10BrF2N3S/c14-10-4-1-7(20-10)5-6-19-12-9(18-13(19)17)3-2-8(15)11(12)16/h1-4H,5-6H2,(H2,17,18). The van der Waals surface area contributed by atoms with E-state index < -0.39 is 11.6 Å². The summed E-state index contributed by atoms with van der Waals surface area (Å²) >= 11 is 4.99. The van der Waals surface area contributed by atoms with Crippen molar-refractivity contribution in [2.24, 2.45) is 0 Å². The molecule has 0 unspecified atom stereocenters. The van der Waals surface area contributed by atoms with Gasteiger partial charge in [0.25, 0.3) is 0 Å². The number of hydrogen-bond donors (Lipinski definition) is 1. The van der Waals surface area contributed by atoms with Crippen LogP contribution in [0, 0.1) is 11.6 Å². The predicted molar refractivity (Wildman–Crippen MR) is 79.8 cm³/mol. The van der Waals surface area contributed by atoms with Gasteiger partial charge in [-0.25, -0.2) is 13.8 Å². The molecule has 0 bridgehead atoms. The number of nitrogens with two attached hydrogens (primary N) is 1. The van der Waals surface area contributed by atoms with E-state index in [1.165, 1.54) is 10.6 Å². The molecule has 0 amide bonds. The fourth-order valence-electron chi connectivity index (χ4n) is 2.11. The topological polar surface area (TPSA) is 43.8 Å². The van der Waals surface area contributed by atoms with Crippen molar-refractivity contribution in [1.82, 2.24) is 9.55 Å². The molecule has 0 radical (unpaired) electrons. The lowest BCUT2D eigenvalue weighted by molar-refractivity contribution is 0.511. The van der Waals surface area contributed by atoms with Gasteiger partial charge in [0, 0.05) is 11.4 Å². The number of rotatable bonds is 3. The number of nitrogen functional groups attached to an aromatic ring is 1. The second-order valence-electron chi connectivity index (χ2n) is 4.31. The second-order valence-corrected chi connectivity index (χ2v) is 6.85. The van der Waals surface area contributed by atoms with Crippen molar-refractivity contribution >= 4 is 44.2 Å². The Hall–Kier alpha value is -1.47. The van der Waals surface area contributed by atoms with Crippen molar-refractivity contribution in [3.63, 3.8) is 0 Å². The van der Waals surface area contributed by atoms with Crippen LogP contribution in [0.5, 0.6) is 0 Å². The summed E-state index contributed by atoms with van der Waals surface area (Å²) in [5.74, 6) is -1.60. The third-order valence-corrected chi connectivity index (χ3v) is 4.72. The van der Waals surface area contributed by atoms with Crippen molar-refractivity contribution in [1.29, 1.82) is 0 Å². The van der Waals surface area contributed by atoms with Crippen LogP contribution in [0.15, 0.2) is 28.1 Å². The molecule has 0 fully saturated rings. The van der Waals surface area contributed by atoms with Crippen LogP contribution in [0.4, 0.5) is 14.7 Å². The third-order valence-electron chi connectivity index (χ3n) is 3.04. The number of hydrogen-bond acceptors (Lipinski definition) is 3. The highest BCUT2D eigenvalue weighted by Gasteiger charge is 2.16. The minimum Gasteiger partial charge on any atom is -0.369 e. The summed E-state index contributed by atoms with van der Waals surface area (Å²) in [6.07, 6.45) is 0.682. The van der Waals surface area contributed by atoms with E-state index in [0.717, 1.165) is 14.7 Å². The molecular formula is C13H10BrF2N3S. The van der Waals surface area contributed by atoms with Gasteiger partial charge >= 0.3 is 0 Å². The molecule has 0 saturated carbocycles. The Morgan fingerprint density at radius 1 is 1.25 bits per heavy atom. The SMILES string of the molecule is Nc1nc2ccc(F)c(F)c2n1CCc1ccc(Br)s1. The van der Waals surface area contributed by atoms with Crippen LogP contribution >= 0.6 is 27.3 Å². The van der Waals surface area contributed by atoms with E-state index in [0.29, 0.717) is 18.5 Å². The van der Waals surface area contributed by atoms with E-state index in [1.54, 1.807) is 11.3 Å². The summed E-state index contributed by atoms with van der Waals surface area (Å²) in [5, 5.41) is 0. The maximum atomic E-state index is 13.9. The van der Waals surface area contributed by atoms with Gasteiger partial charge in [-0.3, -0.25) is 0 Å². The first-order chi connectivity index (χ1) is 9.56. The highest BCUT2D eigenvalue weighted by Crippen LogP contribution is 2.26. The van der Waals surface area contributed by atoms with E-state index >= 15 is 0 Å². The number of aryl methyl sites for hydroxylation is 2. The van der Waals surface area contributed by atoms with E-state index in [9.17, 15) is 8.78 Å². The van der Waals surface area contributed by atoms with Crippen LogP contribution in [0.1, 0.15) is 4.88 Å². The summed E-state index contributed by atoms with van der Waals surface area (Å²) in [4.78, 5) is 5.19. The number of aromatic nitrogens is 2. The fourth-order valence-corrected chi connectivity index (χ4v) is 3.58. The lowest BCUT2D eigenvalue weighted by atomic mass is 10.2. The first-order valence-corrected chi connectivity index (χ1v) is 7.51. The van der Waals surface area contributed by atoms with Gasteiger partial charge in [0.05, 0.1) is 9.30 Å². The Bertz CT molecular complexity index is 781. The number of thiophene rings is 1. The van der Waals surface area contributed by atoms with Crippen LogP contribution in [0.3, 0.4) is 0 Å². The highest BCUT2D eigenvalue weighted by atomic mass is 79.9. The Balaban J connectivity index is 1.98. The number of nitrogens with zero attached hydrogens (tertiary/aromatic N) is 2. The smallest absolute Gasteiger partial charge is 0.201 e. The lowest BCUT2D eigenvalue weighted by Crippen LogP contribution is -2.06. The van der Waals surface area contributed by atoms with Crippen LogP contribution in [0.2, 0.25) is 0 Å². The molecule has 3 aromatic rings. The molecular weight excluding hydrogens is 348 g/mol. The van der Waals surface area contributed by atoms with Gasteiger partial charge in [0.15, 0.2) is 11.6 Å². The molecule has 104 valence electrons. The van der Waals surface area contributed by atoms with Crippen LogP contribution in [-0.2, 0) is 13.0 Å². The summed E-state index contributed by atoms with van der Waals surface area (Å²) < 4.78 is 29.8. The number of fused-ring (bicyclic) bond motifs is 1. The molecule has 0 aliphatic heterocycles. The van der Waals surface area contributed by atoms with Crippen molar-refractivity contribution < 1.29 is 8.78 Å². The maximum Gasteiger partial charge on any atom is 0.201 e. The Morgan fingerprint density at radius 3 is 2.75 bits per heavy atom. The Labute approximate surface area is 126 Å². The molecule has 0 aliphatic rings. The zero-order chi connectivity index (χ0) is 14.3. The predicted octanol–water partition coefficient (Wildman–Crippen LogP) is 3.96. The van der Waals surface area contributed by atoms with E-state index in [4.69, 9.17) is 5.73 Å². The van der Waals surface area contributed by atoms with Gasteiger partial charge in [0.2, 0.25) is 5.95 Å². The van der Waals surface area contributed by atoms with E-state index in [1.807, 2.05) is 12.1 Å². The number of halogens is 3. The fraction of sp³-hybridized carbons (Fsp3) is 0.154. The van der Waals surface area contributed by atoms with Crippen LogP contribution in [0.25, 0.3) is 11.0 Å². The molecule has 3 nitrogen and oxygen atoms in total. The van der Waals surface area contributed by atoms with Crippen molar-refractivity contribution in [3.05, 3.63) is 44.6 Å². The normalized spacial score (nSPS) is 11.3. The summed E-state index contributed by atoms with van der Waals surface area (Å²) in [5.41, 5.74) is 6.29. The third kappa shape index (κ3) is 2.31. The lowest BCUT2D eigenvalue weighted by Gasteiger charge is -2.06. The van der Waals surface area contributed by atoms with Crippen molar-refractivity contribution in [3.8, 4) is 0 Å². The van der Waals surface area contributed by atoms with Gasteiger partial charge in [-0.05, 0) is 46.6 Å². The molecule has 7 heteroatoms.